The van der Waals surface area contributed by atoms with Crippen LogP contribution in [0.15, 0.2) is 48.5 Å². The molecule has 3 N–H and O–H groups in total. The van der Waals surface area contributed by atoms with Crippen molar-refractivity contribution < 1.29 is 14.6 Å². The van der Waals surface area contributed by atoms with Crippen molar-refractivity contribution in [3.05, 3.63) is 65.4 Å². The molecule has 0 amide bonds. The fourth-order valence-corrected chi connectivity index (χ4v) is 3.45. The highest BCUT2D eigenvalue weighted by atomic mass is 16.5. The van der Waals surface area contributed by atoms with Gasteiger partial charge in [0.2, 0.25) is 0 Å². The van der Waals surface area contributed by atoms with Crippen LogP contribution in [0.5, 0.6) is 5.75 Å². The Labute approximate surface area is 139 Å². The predicted molar refractivity (Wildman–Crippen MR) is 91.4 cm³/mol. The first kappa shape index (κ1) is 14.8. The number of fused-ring (bicyclic) bond motifs is 3. The Morgan fingerprint density at radius 1 is 1.17 bits per heavy atom. The second kappa shape index (κ2) is 5.69. The third kappa shape index (κ3) is 2.34. The molecule has 0 fully saturated rings. The van der Waals surface area contributed by atoms with Crippen molar-refractivity contribution >= 4 is 16.9 Å². The number of nitrogens with one attached hydrogen (secondary N) is 2. The monoisotopic (exact) mass is 322 g/mol. The highest BCUT2D eigenvalue weighted by molar-refractivity contribution is 5.87. The van der Waals surface area contributed by atoms with Gasteiger partial charge in [0.05, 0.1) is 13.2 Å². The SMILES string of the molecule is COc1ccc([C@@H]2N[C@@H](C(=O)O)Cc3c2[nH]c2ccccc32)cc1. The van der Waals surface area contributed by atoms with E-state index in [4.69, 9.17) is 4.74 Å². The van der Waals surface area contributed by atoms with Gasteiger partial charge in [-0.3, -0.25) is 10.1 Å². The number of H-pyrrole nitrogens is 1. The fourth-order valence-electron chi connectivity index (χ4n) is 3.45. The van der Waals surface area contributed by atoms with Crippen LogP contribution in [0.3, 0.4) is 0 Å². The number of methoxy groups -OCH3 is 1. The summed E-state index contributed by atoms with van der Waals surface area (Å²) in [5.41, 5.74) is 4.17. The Hall–Kier alpha value is -2.79. The van der Waals surface area contributed by atoms with Crippen molar-refractivity contribution in [1.29, 1.82) is 0 Å². The summed E-state index contributed by atoms with van der Waals surface area (Å²) >= 11 is 0. The second-order valence-electron chi connectivity index (χ2n) is 6.03. The zero-order valence-electron chi connectivity index (χ0n) is 13.2. The van der Waals surface area contributed by atoms with E-state index in [9.17, 15) is 9.90 Å². The number of carbonyl (C=O) groups is 1. The van der Waals surface area contributed by atoms with Crippen LogP contribution in [-0.4, -0.2) is 29.2 Å². The van der Waals surface area contributed by atoms with Gasteiger partial charge >= 0.3 is 5.97 Å². The van der Waals surface area contributed by atoms with Gasteiger partial charge in [-0.15, -0.1) is 0 Å². The number of rotatable bonds is 3. The van der Waals surface area contributed by atoms with Gasteiger partial charge in [0.1, 0.15) is 11.8 Å². The average molecular weight is 322 g/mol. The van der Waals surface area contributed by atoms with E-state index in [1.54, 1.807) is 7.11 Å². The standard InChI is InChI=1S/C19H18N2O3/c1-24-12-8-6-11(7-9-12)17-18-14(10-16(21-17)19(22)23)13-4-2-3-5-15(13)20-18/h2-9,16-17,20-21H,10H2,1H3,(H,22,23)/t16-,17+/m1/s1. The molecule has 24 heavy (non-hydrogen) atoms. The topological polar surface area (TPSA) is 74.3 Å². The molecule has 3 aromatic rings. The van der Waals surface area contributed by atoms with Crippen LogP contribution in [0.1, 0.15) is 22.9 Å². The summed E-state index contributed by atoms with van der Waals surface area (Å²) in [7, 11) is 1.63. The minimum Gasteiger partial charge on any atom is -0.497 e. The predicted octanol–water partition coefficient (Wildman–Crippen LogP) is 2.86. The van der Waals surface area contributed by atoms with Gasteiger partial charge in [-0.2, -0.15) is 0 Å². The minimum atomic E-state index is -0.829. The first-order valence-corrected chi connectivity index (χ1v) is 7.89. The third-order valence-corrected chi connectivity index (χ3v) is 4.66. The molecular weight excluding hydrogens is 304 g/mol. The lowest BCUT2D eigenvalue weighted by Gasteiger charge is -2.29. The molecule has 2 heterocycles. The average Bonchev–Trinajstić information content (AvgIpc) is 2.99. The molecule has 0 radical (unpaired) electrons. The largest absolute Gasteiger partial charge is 0.497 e. The number of carboxylic acid groups (broad SMARTS) is 1. The van der Waals surface area contributed by atoms with Gasteiger partial charge in [-0.05, 0) is 29.3 Å². The van der Waals surface area contributed by atoms with E-state index < -0.39 is 12.0 Å². The number of carboxylic acids is 1. The molecule has 1 aromatic heterocycles. The Kier molecular flexibility index (Phi) is 3.50. The Bertz CT molecular complexity index is 899. The van der Waals surface area contributed by atoms with E-state index in [-0.39, 0.29) is 6.04 Å². The lowest BCUT2D eigenvalue weighted by molar-refractivity contribution is -0.139. The zero-order valence-corrected chi connectivity index (χ0v) is 13.2. The Balaban J connectivity index is 1.85. The summed E-state index contributed by atoms with van der Waals surface area (Å²) in [6, 6.07) is 15.0. The molecule has 0 saturated heterocycles. The number of aromatic amines is 1. The molecule has 1 aliphatic rings. The molecule has 2 atom stereocenters. The molecule has 0 spiro atoms. The molecule has 5 heteroatoms. The molecule has 0 saturated carbocycles. The van der Waals surface area contributed by atoms with Crippen LogP contribution in [0, 0.1) is 0 Å². The lowest BCUT2D eigenvalue weighted by atomic mass is 9.90. The second-order valence-corrected chi connectivity index (χ2v) is 6.03. The first-order chi connectivity index (χ1) is 11.7. The lowest BCUT2D eigenvalue weighted by Crippen LogP contribution is -2.44. The van der Waals surface area contributed by atoms with Crippen molar-refractivity contribution in [2.45, 2.75) is 18.5 Å². The number of hydrogen-bond donors (Lipinski definition) is 3. The fraction of sp³-hybridized carbons (Fsp3) is 0.211. The number of hydrogen-bond acceptors (Lipinski definition) is 3. The molecule has 0 bridgehead atoms. The summed E-state index contributed by atoms with van der Waals surface area (Å²) in [6.45, 7) is 0. The van der Waals surface area contributed by atoms with Crippen LogP contribution in [-0.2, 0) is 11.2 Å². The number of benzene rings is 2. The molecule has 5 nitrogen and oxygen atoms in total. The van der Waals surface area contributed by atoms with E-state index in [1.165, 1.54) is 0 Å². The normalized spacial score (nSPS) is 19.9. The summed E-state index contributed by atoms with van der Waals surface area (Å²) in [5, 5.41) is 13.9. The summed E-state index contributed by atoms with van der Waals surface area (Å²) < 4.78 is 5.21. The smallest absolute Gasteiger partial charge is 0.321 e. The van der Waals surface area contributed by atoms with Crippen molar-refractivity contribution in [2.75, 3.05) is 7.11 Å². The maximum absolute atomic E-state index is 11.6. The molecule has 0 aliphatic carbocycles. The maximum atomic E-state index is 11.6. The zero-order chi connectivity index (χ0) is 16.7. The van der Waals surface area contributed by atoms with Gasteiger partial charge in [0.25, 0.3) is 0 Å². The highest BCUT2D eigenvalue weighted by Gasteiger charge is 2.33. The van der Waals surface area contributed by atoms with Gasteiger partial charge in [-0.25, -0.2) is 0 Å². The third-order valence-electron chi connectivity index (χ3n) is 4.66. The van der Waals surface area contributed by atoms with E-state index in [1.807, 2.05) is 48.5 Å². The van der Waals surface area contributed by atoms with Gasteiger partial charge in [0, 0.05) is 23.0 Å². The molecule has 122 valence electrons. The van der Waals surface area contributed by atoms with E-state index in [0.29, 0.717) is 6.42 Å². The molecule has 0 unspecified atom stereocenters. The van der Waals surface area contributed by atoms with Crippen LogP contribution >= 0.6 is 0 Å². The van der Waals surface area contributed by atoms with Crippen LogP contribution in [0.4, 0.5) is 0 Å². The van der Waals surface area contributed by atoms with Crippen molar-refractivity contribution in [1.82, 2.24) is 10.3 Å². The van der Waals surface area contributed by atoms with Gasteiger partial charge < -0.3 is 14.8 Å². The van der Waals surface area contributed by atoms with Crippen molar-refractivity contribution in [3.63, 3.8) is 0 Å². The van der Waals surface area contributed by atoms with Crippen LogP contribution in [0.2, 0.25) is 0 Å². The summed E-state index contributed by atoms with van der Waals surface area (Å²) in [6.07, 6.45) is 0.474. The quantitative estimate of drug-likeness (QED) is 0.693. The Morgan fingerprint density at radius 2 is 1.92 bits per heavy atom. The summed E-state index contributed by atoms with van der Waals surface area (Å²) in [4.78, 5) is 15.1. The van der Waals surface area contributed by atoms with E-state index in [2.05, 4.69) is 10.3 Å². The highest BCUT2D eigenvalue weighted by Crippen LogP contribution is 2.35. The number of aromatic nitrogens is 1. The van der Waals surface area contributed by atoms with Crippen molar-refractivity contribution in [2.24, 2.45) is 0 Å². The molecule has 1 aliphatic heterocycles. The summed E-state index contributed by atoms with van der Waals surface area (Å²) in [5.74, 6) is -0.0503. The number of para-hydroxylation sites is 1. The van der Waals surface area contributed by atoms with E-state index in [0.717, 1.165) is 33.5 Å². The molecular formula is C19H18N2O3. The molecule has 4 rings (SSSR count). The van der Waals surface area contributed by atoms with Crippen LogP contribution in [0.25, 0.3) is 10.9 Å². The van der Waals surface area contributed by atoms with Gasteiger partial charge in [0.15, 0.2) is 0 Å². The van der Waals surface area contributed by atoms with Gasteiger partial charge in [-0.1, -0.05) is 30.3 Å². The number of aliphatic carboxylic acids is 1. The molecule has 2 aromatic carbocycles. The minimum absolute atomic E-state index is 0.187. The van der Waals surface area contributed by atoms with Crippen molar-refractivity contribution in [3.8, 4) is 5.75 Å². The number of ether oxygens (including phenoxy) is 1. The van der Waals surface area contributed by atoms with E-state index >= 15 is 0 Å². The first-order valence-electron chi connectivity index (χ1n) is 7.89. The van der Waals surface area contributed by atoms with Crippen LogP contribution < -0.4 is 10.1 Å². The maximum Gasteiger partial charge on any atom is 0.321 e. The Morgan fingerprint density at radius 3 is 2.62 bits per heavy atom.